The normalized spacial score (nSPS) is 20.7. The van der Waals surface area contributed by atoms with Crippen LogP contribution in [0.25, 0.3) is 0 Å². The Bertz CT molecular complexity index is 633. The summed E-state index contributed by atoms with van der Waals surface area (Å²) in [5.74, 6) is 0.667. The maximum atomic E-state index is 11.9. The highest BCUT2D eigenvalue weighted by atomic mass is 16.3. The van der Waals surface area contributed by atoms with Gasteiger partial charge < -0.3 is 19.9 Å². The van der Waals surface area contributed by atoms with Gasteiger partial charge in [0, 0.05) is 57.4 Å². The molecule has 1 aliphatic rings. The van der Waals surface area contributed by atoms with Crippen LogP contribution in [0.2, 0.25) is 0 Å². The van der Waals surface area contributed by atoms with E-state index < -0.39 is 5.60 Å². The Hall–Kier alpha value is -2.48. The minimum absolute atomic E-state index is 0.0786. The van der Waals surface area contributed by atoms with E-state index in [4.69, 9.17) is 0 Å². The second-order valence-corrected chi connectivity index (χ2v) is 5.79. The molecule has 3 rings (SSSR count). The Labute approximate surface area is 134 Å². The van der Waals surface area contributed by atoms with E-state index in [0.717, 1.165) is 5.82 Å². The molecule has 1 saturated heterocycles. The van der Waals surface area contributed by atoms with E-state index >= 15 is 0 Å². The summed E-state index contributed by atoms with van der Waals surface area (Å²) in [4.78, 5) is 26.1. The second-order valence-electron chi connectivity index (χ2n) is 5.79. The number of aromatic nitrogens is 4. The first-order valence-corrected chi connectivity index (χ1v) is 7.60. The molecule has 1 fully saturated rings. The number of carbonyl (C=O) groups excluding carboxylic acids is 1. The molecular weight excluding hydrogens is 296 g/mol. The topological polar surface area (TPSA) is 96.2 Å². The summed E-state index contributed by atoms with van der Waals surface area (Å²) in [5, 5.41) is 13.4. The average Bonchev–Trinajstić information content (AvgIpc) is 3.22. The third kappa shape index (κ3) is 4.04. The van der Waals surface area contributed by atoms with Crippen LogP contribution in [-0.4, -0.2) is 55.8 Å². The summed E-state index contributed by atoms with van der Waals surface area (Å²) in [5.41, 5.74) is -0.928. The van der Waals surface area contributed by atoms with Crippen LogP contribution >= 0.6 is 0 Å². The van der Waals surface area contributed by atoms with Crippen molar-refractivity contribution in [2.24, 2.45) is 0 Å². The first-order valence-electron chi connectivity index (χ1n) is 7.60. The number of β-amino-alcohol motifs (C(OH)–C–C–N with tert-alkyl or cyclic N) is 1. The maximum absolute atomic E-state index is 11.9. The minimum Gasteiger partial charge on any atom is -0.386 e. The van der Waals surface area contributed by atoms with Crippen LogP contribution < -0.4 is 10.2 Å². The molecule has 0 saturated carbocycles. The van der Waals surface area contributed by atoms with Crippen molar-refractivity contribution in [2.75, 3.05) is 24.5 Å². The highest BCUT2D eigenvalue weighted by Gasteiger charge is 2.36. The molecule has 0 unspecified atom stereocenters. The Balaban J connectivity index is 1.45. The van der Waals surface area contributed by atoms with Crippen molar-refractivity contribution < 1.29 is 9.90 Å². The molecule has 8 heteroatoms. The van der Waals surface area contributed by atoms with E-state index in [0.29, 0.717) is 32.5 Å². The van der Waals surface area contributed by atoms with Crippen molar-refractivity contribution in [2.45, 2.75) is 25.0 Å². The minimum atomic E-state index is -0.928. The van der Waals surface area contributed by atoms with Crippen molar-refractivity contribution in [3.63, 3.8) is 0 Å². The van der Waals surface area contributed by atoms with Gasteiger partial charge >= 0.3 is 0 Å². The highest BCUT2D eigenvalue weighted by Crippen LogP contribution is 2.24. The number of hydrogen-bond acceptors (Lipinski definition) is 6. The first-order chi connectivity index (χ1) is 11.1. The fourth-order valence-electron chi connectivity index (χ4n) is 2.65. The Morgan fingerprint density at radius 1 is 1.35 bits per heavy atom. The van der Waals surface area contributed by atoms with E-state index in [1.807, 2.05) is 15.7 Å². The summed E-state index contributed by atoms with van der Waals surface area (Å²) in [6.07, 6.45) is 11.0. The molecule has 8 nitrogen and oxygen atoms in total. The van der Waals surface area contributed by atoms with Gasteiger partial charge in [-0.3, -0.25) is 9.78 Å². The molecule has 0 aromatic carbocycles. The Morgan fingerprint density at radius 3 is 3.00 bits per heavy atom. The van der Waals surface area contributed by atoms with Crippen LogP contribution in [0.3, 0.4) is 0 Å². The van der Waals surface area contributed by atoms with E-state index in [9.17, 15) is 9.90 Å². The molecule has 0 spiro atoms. The van der Waals surface area contributed by atoms with Gasteiger partial charge in [0.15, 0.2) is 0 Å². The number of carbonyl (C=O) groups is 1. The summed E-state index contributed by atoms with van der Waals surface area (Å²) >= 11 is 0. The maximum Gasteiger partial charge on any atom is 0.221 e. The van der Waals surface area contributed by atoms with Gasteiger partial charge in [-0.05, 0) is 6.42 Å². The number of aryl methyl sites for hydroxylation is 1. The molecule has 0 bridgehead atoms. The molecule has 2 aromatic rings. The number of amides is 1. The van der Waals surface area contributed by atoms with Crippen LogP contribution in [0.4, 0.5) is 5.82 Å². The lowest BCUT2D eigenvalue weighted by Gasteiger charge is -2.24. The van der Waals surface area contributed by atoms with Crippen LogP contribution in [0.5, 0.6) is 0 Å². The standard InChI is InChI=1S/C15H20N6O2/c22-14(1-6-20-8-5-17-12-20)19-10-15(23)2-7-21(11-15)13-9-16-3-4-18-13/h3-5,8-9,12,23H,1-2,6-7,10-11H2,(H,19,22)/t15-/m0/s1. The Morgan fingerprint density at radius 2 is 2.26 bits per heavy atom. The number of aliphatic hydroxyl groups is 1. The van der Waals surface area contributed by atoms with Crippen LogP contribution in [0, 0.1) is 0 Å². The zero-order chi connectivity index (χ0) is 16.1. The van der Waals surface area contributed by atoms with Crippen LogP contribution in [-0.2, 0) is 11.3 Å². The molecule has 2 N–H and O–H groups in total. The van der Waals surface area contributed by atoms with Crippen molar-refractivity contribution in [3.8, 4) is 0 Å². The SMILES string of the molecule is O=C(CCn1ccnc1)NC[C@@]1(O)CCN(c2cnccn2)C1. The lowest BCUT2D eigenvalue weighted by Crippen LogP contribution is -2.45. The first kappa shape index (κ1) is 15.4. The average molecular weight is 316 g/mol. The Kier molecular flexibility index (Phi) is 4.52. The van der Waals surface area contributed by atoms with E-state index in [1.54, 1.807) is 31.1 Å². The molecular formula is C15H20N6O2. The number of nitrogens with one attached hydrogen (secondary N) is 1. The molecule has 2 aromatic heterocycles. The lowest BCUT2D eigenvalue weighted by atomic mass is 10.0. The molecule has 1 aliphatic heterocycles. The summed E-state index contributed by atoms with van der Waals surface area (Å²) in [6, 6.07) is 0. The third-order valence-electron chi connectivity index (χ3n) is 3.98. The fraction of sp³-hybridized carbons (Fsp3) is 0.467. The van der Waals surface area contributed by atoms with E-state index in [2.05, 4.69) is 20.3 Å². The quantitative estimate of drug-likeness (QED) is 0.767. The largest absolute Gasteiger partial charge is 0.386 e. The molecule has 122 valence electrons. The van der Waals surface area contributed by atoms with Crippen molar-refractivity contribution in [3.05, 3.63) is 37.3 Å². The number of rotatable bonds is 6. The number of hydrogen-bond donors (Lipinski definition) is 2. The van der Waals surface area contributed by atoms with Crippen molar-refractivity contribution >= 4 is 11.7 Å². The van der Waals surface area contributed by atoms with E-state index in [-0.39, 0.29) is 12.5 Å². The van der Waals surface area contributed by atoms with Crippen molar-refractivity contribution in [1.29, 1.82) is 0 Å². The number of nitrogens with zero attached hydrogens (tertiary/aromatic N) is 5. The predicted molar refractivity (Wildman–Crippen MR) is 83.7 cm³/mol. The molecule has 1 amide bonds. The van der Waals surface area contributed by atoms with Crippen LogP contribution in [0.15, 0.2) is 37.3 Å². The van der Waals surface area contributed by atoms with Gasteiger partial charge in [0.05, 0.1) is 12.5 Å². The lowest BCUT2D eigenvalue weighted by molar-refractivity contribution is -0.122. The van der Waals surface area contributed by atoms with Crippen LogP contribution in [0.1, 0.15) is 12.8 Å². The van der Waals surface area contributed by atoms with Gasteiger partial charge in [0.1, 0.15) is 11.4 Å². The molecule has 23 heavy (non-hydrogen) atoms. The molecule has 1 atom stereocenters. The summed E-state index contributed by atoms with van der Waals surface area (Å²) in [7, 11) is 0. The van der Waals surface area contributed by atoms with Gasteiger partial charge in [-0.25, -0.2) is 9.97 Å². The smallest absolute Gasteiger partial charge is 0.221 e. The third-order valence-corrected chi connectivity index (χ3v) is 3.98. The van der Waals surface area contributed by atoms with E-state index in [1.165, 1.54) is 0 Å². The van der Waals surface area contributed by atoms with Gasteiger partial charge in [0.2, 0.25) is 5.91 Å². The molecule has 0 radical (unpaired) electrons. The summed E-state index contributed by atoms with van der Waals surface area (Å²) in [6.45, 7) is 1.95. The van der Waals surface area contributed by atoms with Gasteiger partial charge in [-0.15, -0.1) is 0 Å². The zero-order valence-electron chi connectivity index (χ0n) is 12.8. The fourth-order valence-corrected chi connectivity index (χ4v) is 2.65. The predicted octanol–water partition coefficient (Wildman–Crippen LogP) is -0.179. The number of imidazole rings is 1. The van der Waals surface area contributed by atoms with Gasteiger partial charge in [0.25, 0.3) is 0 Å². The highest BCUT2D eigenvalue weighted by molar-refractivity contribution is 5.75. The molecule has 0 aliphatic carbocycles. The second kappa shape index (κ2) is 6.74. The van der Waals surface area contributed by atoms with Gasteiger partial charge in [-0.1, -0.05) is 0 Å². The summed E-state index contributed by atoms with van der Waals surface area (Å²) < 4.78 is 1.85. The van der Waals surface area contributed by atoms with Crippen molar-refractivity contribution in [1.82, 2.24) is 24.8 Å². The molecule has 3 heterocycles. The van der Waals surface area contributed by atoms with Gasteiger partial charge in [-0.2, -0.15) is 0 Å². The monoisotopic (exact) mass is 316 g/mol. The number of anilines is 1. The zero-order valence-corrected chi connectivity index (χ0v) is 12.8.